The number of halogens is 1. The van der Waals surface area contributed by atoms with E-state index in [1.54, 1.807) is 20.8 Å². The zero-order valence-corrected chi connectivity index (χ0v) is 19.2. The summed E-state index contributed by atoms with van der Waals surface area (Å²) in [6.45, 7) is 7.68. The summed E-state index contributed by atoms with van der Waals surface area (Å²) in [5.41, 5.74) is 3.26. The molecule has 0 spiro atoms. The Balaban J connectivity index is 1.90. The molecule has 0 amide bonds. The van der Waals surface area contributed by atoms with Crippen LogP contribution < -0.4 is 4.72 Å². The molecule has 1 atom stereocenters. The second-order valence-electron chi connectivity index (χ2n) is 8.32. The fourth-order valence-corrected chi connectivity index (χ4v) is 4.93. The minimum atomic E-state index is -3.53. The van der Waals surface area contributed by atoms with Crippen LogP contribution in [0.25, 0.3) is 0 Å². The van der Waals surface area contributed by atoms with Crippen molar-refractivity contribution < 1.29 is 22.6 Å². The first kappa shape index (κ1) is 22.2. The lowest BCUT2D eigenvalue weighted by atomic mass is 9.92. The Morgan fingerprint density at radius 2 is 1.93 bits per heavy atom. The normalized spacial score (nSPS) is 20.0. The SMILES string of the molecule is CC(C)(C)S(=O)(=O)NC(CCC1OCCCO1)c1cc(Br)cc2c1COCC2. The third-order valence-corrected chi connectivity index (χ3v) is 7.83. The molecule has 0 bridgehead atoms. The van der Waals surface area contributed by atoms with E-state index < -0.39 is 14.8 Å². The molecule has 3 rings (SSSR count). The van der Waals surface area contributed by atoms with E-state index in [1.807, 2.05) is 6.07 Å². The van der Waals surface area contributed by atoms with Crippen molar-refractivity contribution in [3.05, 3.63) is 33.3 Å². The maximum Gasteiger partial charge on any atom is 0.217 e. The average molecular weight is 476 g/mol. The summed E-state index contributed by atoms with van der Waals surface area (Å²) in [6, 6.07) is 3.74. The number of ether oxygens (including phenoxy) is 3. The monoisotopic (exact) mass is 475 g/mol. The Morgan fingerprint density at radius 3 is 2.61 bits per heavy atom. The molecule has 1 unspecified atom stereocenters. The van der Waals surface area contributed by atoms with Crippen LogP contribution in [0.2, 0.25) is 0 Å². The lowest BCUT2D eigenvalue weighted by Crippen LogP contribution is -2.42. The molecule has 1 saturated heterocycles. The molecule has 0 saturated carbocycles. The Kier molecular flexibility index (Phi) is 7.21. The minimum Gasteiger partial charge on any atom is -0.376 e. The second kappa shape index (κ2) is 9.10. The highest BCUT2D eigenvalue weighted by molar-refractivity contribution is 9.10. The van der Waals surface area contributed by atoms with Crippen LogP contribution in [0.4, 0.5) is 0 Å². The smallest absolute Gasteiger partial charge is 0.217 e. The second-order valence-corrected chi connectivity index (χ2v) is 11.7. The van der Waals surface area contributed by atoms with Gasteiger partial charge in [-0.2, -0.15) is 0 Å². The molecule has 0 aliphatic carbocycles. The first-order chi connectivity index (χ1) is 13.2. The molecule has 2 aliphatic rings. The van der Waals surface area contributed by atoms with Gasteiger partial charge in [0, 0.05) is 16.9 Å². The van der Waals surface area contributed by atoms with Crippen LogP contribution in [0.15, 0.2) is 16.6 Å². The van der Waals surface area contributed by atoms with Crippen molar-refractivity contribution in [1.82, 2.24) is 4.72 Å². The number of benzene rings is 1. The molecule has 1 aromatic carbocycles. The maximum atomic E-state index is 12.9. The van der Waals surface area contributed by atoms with E-state index in [0.29, 0.717) is 39.3 Å². The number of hydrogen-bond donors (Lipinski definition) is 1. The van der Waals surface area contributed by atoms with Crippen molar-refractivity contribution in [3.63, 3.8) is 0 Å². The van der Waals surface area contributed by atoms with Crippen molar-refractivity contribution in [1.29, 1.82) is 0 Å². The van der Waals surface area contributed by atoms with Crippen LogP contribution in [0, 0.1) is 0 Å². The first-order valence-corrected chi connectivity index (χ1v) is 12.1. The van der Waals surface area contributed by atoms with Gasteiger partial charge in [-0.05, 0) is 68.9 Å². The molecular formula is C20H30BrNO5S. The number of fused-ring (bicyclic) bond motifs is 1. The summed E-state index contributed by atoms with van der Waals surface area (Å²) >= 11 is 3.59. The number of rotatable bonds is 6. The van der Waals surface area contributed by atoms with E-state index in [2.05, 4.69) is 26.7 Å². The largest absolute Gasteiger partial charge is 0.376 e. The van der Waals surface area contributed by atoms with Gasteiger partial charge in [-0.3, -0.25) is 0 Å². The molecule has 1 N–H and O–H groups in total. The van der Waals surface area contributed by atoms with Gasteiger partial charge in [-0.25, -0.2) is 13.1 Å². The van der Waals surface area contributed by atoms with Gasteiger partial charge in [0.2, 0.25) is 10.0 Å². The number of sulfonamides is 1. The third kappa shape index (κ3) is 5.34. The standard InChI is InChI=1S/C20H30BrNO5S/c1-20(2,3)28(23,24)22-18(5-6-19-26-8-4-9-27-19)16-12-15(21)11-14-7-10-25-13-17(14)16/h11-12,18-19,22H,4-10,13H2,1-3H3. The van der Waals surface area contributed by atoms with Gasteiger partial charge < -0.3 is 14.2 Å². The molecule has 0 aromatic heterocycles. The van der Waals surface area contributed by atoms with Crippen molar-refractivity contribution in [3.8, 4) is 0 Å². The van der Waals surface area contributed by atoms with Gasteiger partial charge in [-0.1, -0.05) is 15.9 Å². The lowest BCUT2D eigenvalue weighted by molar-refractivity contribution is -0.182. The third-order valence-electron chi connectivity index (χ3n) is 5.17. The summed E-state index contributed by atoms with van der Waals surface area (Å²) < 4.78 is 45.9. The van der Waals surface area contributed by atoms with E-state index in [9.17, 15) is 8.42 Å². The highest BCUT2D eigenvalue weighted by atomic mass is 79.9. The molecule has 1 aromatic rings. The van der Waals surface area contributed by atoms with Gasteiger partial charge in [0.1, 0.15) is 0 Å². The summed E-state index contributed by atoms with van der Waals surface area (Å²) in [5.74, 6) is 0. The minimum absolute atomic E-state index is 0.283. The van der Waals surface area contributed by atoms with Gasteiger partial charge in [-0.15, -0.1) is 0 Å². The van der Waals surface area contributed by atoms with E-state index in [-0.39, 0.29) is 12.3 Å². The summed E-state index contributed by atoms with van der Waals surface area (Å²) in [7, 11) is -3.53. The molecule has 158 valence electrons. The summed E-state index contributed by atoms with van der Waals surface area (Å²) in [4.78, 5) is 0. The van der Waals surface area contributed by atoms with E-state index in [0.717, 1.165) is 28.4 Å². The maximum absolute atomic E-state index is 12.9. The Hall–Kier alpha value is -0.510. The van der Waals surface area contributed by atoms with Gasteiger partial charge in [0.15, 0.2) is 6.29 Å². The first-order valence-electron chi connectivity index (χ1n) is 9.81. The van der Waals surface area contributed by atoms with Crippen LogP contribution in [-0.4, -0.2) is 39.3 Å². The van der Waals surface area contributed by atoms with E-state index >= 15 is 0 Å². The van der Waals surface area contributed by atoms with Crippen molar-refractivity contribution >= 4 is 26.0 Å². The van der Waals surface area contributed by atoms with Crippen LogP contribution in [0.3, 0.4) is 0 Å². The molecule has 1 fully saturated rings. The fraction of sp³-hybridized carbons (Fsp3) is 0.700. The highest BCUT2D eigenvalue weighted by Crippen LogP contribution is 2.34. The van der Waals surface area contributed by atoms with Crippen molar-refractivity contribution in [2.75, 3.05) is 19.8 Å². The van der Waals surface area contributed by atoms with Crippen molar-refractivity contribution in [2.24, 2.45) is 0 Å². The van der Waals surface area contributed by atoms with Gasteiger partial charge in [0.25, 0.3) is 0 Å². The number of nitrogens with one attached hydrogen (secondary N) is 1. The predicted molar refractivity (Wildman–Crippen MR) is 112 cm³/mol. The molecular weight excluding hydrogens is 446 g/mol. The lowest BCUT2D eigenvalue weighted by Gasteiger charge is -2.30. The summed E-state index contributed by atoms with van der Waals surface area (Å²) in [5, 5.41) is 0. The fourth-order valence-electron chi connectivity index (χ4n) is 3.43. The highest BCUT2D eigenvalue weighted by Gasteiger charge is 2.33. The Bertz CT molecular complexity index is 785. The zero-order chi connectivity index (χ0) is 20.4. The summed E-state index contributed by atoms with van der Waals surface area (Å²) in [6.07, 6.45) is 2.65. The van der Waals surface area contributed by atoms with Gasteiger partial charge in [0.05, 0.1) is 31.2 Å². The molecule has 2 aliphatic heterocycles. The topological polar surface area (TPSA) is 73.9 Å². The molecule has 8 heteroatoms. The molecule has 2 heterocycles. The molecule has 6 nitrogen and oxygen atoms in total. The van der Waals surface area contributed by atoms with Gasteiger partial charge >= 0.3 is 0 Å². The Morgan fingerprint density at radius 1 is 1.21 bits per heavy atom. The van der Waals surface area contributed by atoms with Crippen LogP contribution in [-0.2, 0) is 37.3 Å². The van der Waals surface area contributed by atoms with Crippen LogP contribution in [0.5, 0.6) is 0 Å². The quantitative estimate of drug-likeness (QED) is 0.676. The van der Waals surface area contributed by atoms with Crippen molar-refractivity contribution in [2.45, 2.75) is 70.1 Å². The van der Waals surface area contributed by atoms with E-state index in [1.165, 1.54) is 5.56 Å². The van der Waals surface area contributed by atoms with Crippen LogP contribution in [0.1, 0.15) is 62.8 Å². The van der Waals surface area contributed by atoms with Crippen LogP contribution >= 0.6 is 15.9 Å². The molecule has 0 radical (unpaired) electrons. The zero-order valence-electron chi connectivity index (χ0n) is 16.8. The Labute approximate surface area is 176 Å². The average Bonchev–Trinajstić information content (AvgIpc) is 2.64. The van der Waals surface area contributed by atoms with E-state index in [4.69, 9.17) is 14.2 Å². The molecule has 28 heavy (non-hydrogen) atoms. The number of hydrogen-bond acceptors (Lipinski definition) is 5. The predicted octanol–water partition coefficient (Wildman–Crippen LogP) is 3.82.